The van der Waals surface area contributed by atoms with E-state index in [2.05, 4.69) is 41.8 Å². The highest BCUT2D eigenvalue weighted by atomic mass is 16.5. The largest absolute Gasteiger partial charge is 0.377 e. The minimum Gasteiger partial charge on any atom is -0.377 e. The van der Waals surface area contributed by atoms with Crippen LogP contribution in [0.3, 0.4) is 0 Å². The van der Waals surface area contributed by atoms with E-state index in [1.165, 1.54) is 6.42 Å². The summed E-state index contributed by atoms with van der Waals surface area (Å²) in [6.07, 6.45) is 1.59. The molecule has 104 valence electrons. The Hall–Kier alpha value is -1.16. The van der Waals surface area contributed by atoms with Crippen LogP contribution in [-0.2, 0) is 4.74 Å². The Morgan fingerprint density at radius 1 is 1.32 bits per heavy atom. The fourth-order valence-electron chi connectivity index (χ4n) is 4.10. The second-order valence-electron chi connectivity index (χ2n) is 6.54. The molecular formula is C15H23N3O. The van der Waals surface area contributed by atoms with Crippen molar-refractivity contribution in [3.63, 3.8) is 0 Å². The summed E-state index contributed by atoms with van der Waals surface area (Å²) in [7, 11) is 2.15. The molecule has 0 spiro atoms. The van der Waals surface area contributed by atoms with Crippen molar-refractivity contribution in [2.45, 2.75) is 46.3 Å². The van der Waals surface area contributed by atoms with Gasteiger partial charge in [0.1, 0.15) is 11.6 Å². The van der Waals surface area contributed by atoms with Gasteiger partial charge in [0.2, 0.25) is 0 Å². The minimum absolute atomic E-state index is 0.197. The Bertz CT molecular complexity index is 480. The Labute approximate surface area is 115 Å². The predicted octanol–water partition coefficient (Wildman–Crippen LogP) is 2.34. The number of nitrogens with zero attached hydrogens (tertiary/aromatic N) is 3. The third kappa shape index (κ3) is 1.84. The highest BCUT2D eigenvalue weighted by Gasteiger charge is 2.61. The molecule has 0 aromatic carbocycles. The molecule has 0 amide bonds. The lowest BCUT2D eigenvalue weighted by Crippen LogP contribution is -2.66. The molecule has 3 unspecified atom stereocenters. The van der Waals surface area contributed by atoms with Crippen LogP contribution in [-0.4, -0.2) is 35.8 Å². The summed E-state index contributed by atoms with van der Waals surface area (Å²) in [5, 5.41) is 0. The minimum atomic E-state index is 0.197. The molecule has 2 fully saturated rings. The molecule has 2 aliphatic rings. The number of rotatable bonds is 2. The van der Waals surface area contributed by atoms with Crippen LogP contribution >= 0.6 is 0 Å². The van der Waals surface area contributed by atoms with Crippen LogP contribution in [0, 0.1) is 25.2 Å². The Kier molecular flexibility index (Phi) is 2.82. The van der Waals surface area contributed by atoms with Gasteiger partial charge in [0.15, 0.2) is 0 Å². The zero-order valence-corrected chi connectivity index (χ0v) is 12.5. The second kappa shape index (κ2) is 4.17. The Morgan fingerprint density at radius 3 is 2.74 bits per heavy atom. The smallest absolute Gasteiger partial charge is 0.132 e. The van der Waals surface area contributed by atoms with Gasteiger partial charge in [-0.1, -0.05) is 13.8 Å². The highest BCUT2D eigenvalue weighted by Crippen LogP contribution is 2.54. The lowest BCUT2D eigenvalue weighted by atomic mass is 9.57. The van der Waals surface area contributed by atoms with E-state index in [9.17, 15) is 0 Å². The van der Waals surface area contributed by atoms with Crippen LogP contribution in [0.15, 0.2) is 6.07 Å². The van der Waals surface area contributed by atoms with E-state index in [0.717, 1.165) is 23.9 Å². The standard InChI is InChI=1S/C15H23N3O/c1-9-8-12(17-10(2)16-9)18(5)13-11-6-7-19-14(11)15(13,3)4/h8,11,13-14H,6-7H2,1-5H3. The second-order valence-corrected chi connectivity index (χ2v) is 6.54. The van der Waals surface area contributed by atoms with Gasteiger partial charge in [-0.15, -0.1) is 0 Å². The molecule has 1 aromatic heterocycles. The van der Waals surface area contributed by atoms with Crippen molar-refractivity contribution >= 4 is 5.82 Å². The van der Waals surface area contributed by atoms with E-state index in [1.54, 1.807) is 0 Å². The molecule has 0 radical (unpaired) electrons. The van der Waals surface area contributed by atoms with Gasteiger partial charge in [0.25, 0.3) is 0 Å². The monoisotopic (exact) mass is 261 g/mol. The molecule has 1 aromatic rings. The lowest BCUT2D eigenvalue weighted by molar-refractivity contribution is -0.101. The van der Waals surface area contributed by atoms with Crippen molar-refractivity contribution in [3.8, 4) is 0 Å². The van der Waals surface area contributed by atoms with Crippen molar-refractivity contribution in [1.82, 2.24) is 9.97 Å². The topological polar surface area (TPSA) is 38.2 Å². The zero-order valence-electron chi connectivity index (χ0n) is 12.5. The quantitative estimate of drug-likeness (QED) is 0.819. The first kappa shape index (κ1) is 12.9. The van der Waals surface area contributed by atoms with Crippen LogP contribution in [0.2, 0.25) is 0 Å². The maximum absolute atomic E-state index is 5.87. The van der Waals surface area contributed by atoms with Gasteiger partial charge in [0.05, 0.1) is 6.10 Å². The summed E-state index contributed by atoms with van der Waals surface area (Å²) >= 11 is 0. The molecule has 1 aliphatic heterocycles. The third-order valence-corrected chi connectivity index (χ3v) is 4.77. The van der Waals surface area contributed by atoms with Crippen LogP contribution in [0.5, 0.6) is 0 Å². The normalized spacial score (nSPS) is 31.7. The Balaban J connectivity index is 1.89. The van der Waals surface area contributed by atoms with Crippen LogP contribution in [0.25, 0.3) is 0 Å². The molecule has 0 bridgehead atoms. The van der Waals surface area contributed by atoms with Gasteiger partial charge in [0, 0.05) is 42.8 Å². The van der Waals surface area contributed by atoms with Gasteiger partial charge in [-0.2, -0.15) is 0 Å². The van der Waals surface area contributed by atoms with Crippen molar-refractivity contribution in [2.75, 3.05) is 18.6 Å². The third-order valence-electron chi connectivity index (χ3n) is 4.77. The van der Waals surface area contributed by atoms with Gasteiger partial charge in [-0.25, -0.2) is 9.97 Å². The molecule has 4 heteroatoms. The average molecular weight is 261 g/mol. The number of ether oxygens (including phenoxy) is 1. The summed E-state index contributed by atoms with van der Waals surface area (Å²) in [6.45, 7) is 9.51. The molecule has 1 saturated carbocycles. The molecule has 1 saturated heterocycles. The fraction of sp³-hybridized carbons (Fsp3) is 0.733. The van der Waals surface area contributed by atoms with E-state index in [4.69, 9.17) is 4.74 Å². The molecule has 3 rings (SSSR count). The van der Waals surface area contributed by atoms with Crippen LogP contribution in [0.4, 0.5) is 5.82 Å². The summed E-state index contributed by atoms with van der Waals surface area (Å²) < 4.78 is 5.87. The predicted molar refractivity (Wildman–Crippen MR) is 75.3 cm³/mol. The summed E-state index contributed by atoms with van der Waals surface area (Å²) in [5.41, 5.74) is 1.23. The first-order valence-corrected chi connectivity index (χ1v) is 7.08. The number of aromatic nitrogens is 2. The molecular weight excluding hydrogens is 238 g/mol. The fourth-order valence-corrected chi connectivity index (χ4v) is 4.10. The van der Waals surface area contributed by atoms with Gasteiger partial charge in [-0.05, 0) is 20.3 Å². The molecule has 0 N–H and O–H groups in total. The summed E-state index contributed by atoms with van der Waals surface area (Å²) in [6, 6.07) is 2.58. The lowest BCUT2D eigenvalue weighted by Gasteiger charge is -2.58. The van der Waals surface area contributed by atoms with E-state index in [-0.39, 0.29) is 5.41 Å². The van der Waals surface area contributed by atoms with Crippen molar-refractivity contribution in [1.29, 1.82) is 0 Å². The number of fused-ring (bicyclic) bond motifs is 1. The molecule has 19 heavy (non-hydrogen) atoms. The maximum atomic E-state index is 5.87. The van der Waals surface area contributed by atoms with Crippen LogP contribution < -0.4 is 4.90 Å². The summed E-state index contributed by atoms with van der Waals surface area (Å²) in [5.74, 6) is 2.53. The molecule has 4 nitrogen and oxygen atoms in total. The van der Waals surface area contributed by atoms with E-state index < -0.39 is 0 Å². The van der Waals surface area contributed by atoms with Crippen molar-refractivity contribution in [3.05, 3.63) is 17.6 Å². The van der Waals surface area contributed by atoms with Gasteiger partial charge < -0.3 is 9.64 Å². The number of hydrogen-bond donors (Lipinski definition) is 0. The first-order chi connectivity index (χ1) is 8.91. The average Bonchev–Trinajstić information content (AvgIpc) is 2.73. The first-order valence-electron chi connectivity index (χ1n) is 7.08. The van der Waals surface area contributed by atoms with Gasteiger partial charge in [-0.3, -0.25) is 0 Å². The SMILES string of the molecule is Cc1cc(N(C)C2C3CCOC3C2(C)C)nc(C)n1. The van der Waals surface area contributed by atoms with E-state index in [1.807, 2.05) is 13.8 Å². The molecule has 3 atom stereocenters. The number of anilines is 1. The summed E-state index contributed by atoms with van der Waals surface area (Å²) in [4.78, 5) is 11.3. The van der Waals surface area contributed by atoms with E-state index in [0.29, 0.717) is 18.1 Å². The Morgan fingerprint density at radius 2 is 2.05 bits per heavy atom. The van der Waals surface area contributed by atoms with Crippen molar-refractivity contribution < 1.29 is 4.74 Å². The van der Waals surface area contributed by atoms with Crippen molar-refractivity contribution in [2.24, 2.45) is 11.3 Å². The molecule has 2 heterocycles. The zero-order chi connectivity index (χ0) is 13.8. The highest BCUT2D eigenvalue weighted by molar-refractivity contribution is 5.43. The van der Waals surface area contributed by atoms with Gasteiger partial charge >= 0.3 is 0 Å². The maximum Gasteiger partial charge on any atom is 0.132 e. The molecule has 1 aliphatic carbocycles. The van der Waals surface area contributed by atoms with Crippen LogP contribution in [0.1, 0.15) is 31.8 Å². The van der Waals surface area contributed by atoms with E-state index >= 15 is 0 Å². The number of hydrogen-bond acceptors (Lipinski definition) is 4. The number of aryl methyl sites for hydroxylation is 2.